The zero-order chi connectivity index (χ0) is 21.1. The van der Waals surface area contributed by atoms with Crippen LogP contribution in [0.5, 0.6) is 11.5 Å². The summed E-state index contributed by atoms with van der Waals surface area (Å²) >= 11 is 0. The lowest BCUT2D eigenvalue weighted by atomic mass is 10.1. The van der Waals surface area contributed by atoms with Gasteiger partial charge >= 0.3 is 0 Å². The third-order valence-corrected chi connectivity index (χ3v) is 4.92. The van der Waals surface area contributed by atoms with Gasteiger partial charge in [0.05, 0.1) is 32.1 Å². The van der Waals surface area contributed by atoms with Crippen LogP contribution in [0.25, 0.3) is 5.78 Å². The molecule has 154 valence electrons. The standard InChI is InChI=1S/C22H23N5O3/c1-14-17(11-15-7-5-4-6-8-15)21(28)27-22(24-14)25-20(26-27)13-23-18-10-9-16(29-2)12-19(18)30-3/h4-10,12,23H,11,13H2,1-3H3,(H,24,25,26). The molecule has 2 heterocycles. The third-order valence-electron chi connectivity index (χ3n) is 4.92. The molecule has 0 saturated carbocycles. The summed E-state index contributed by atoms with van der Waals surface area (Å²) in [6.07, 6.45) is 0.525. The quantitative estimate of drug-likeness (QED) is 0.491. The van der Waals surface area contributed by atoms with Crippen molar-refractivity contribution in [3.05, 3.63) is 81.5 Å². The van der Waals surface area contributed by atoms with Gasteiger partial charge in [-0.25, -0.2) is 4.98 Å². The molecule has 2 N–H and O–H groups in total. The Morgan fingerprint density at radius 3 is 2.60 bits per heavy atom. The first-order valence-electron chi connectivity index (χ1n) is 9.56. The second-order valence-corrected chi connectivity index (χ2v) is 6.87. The maximum absolute atomic E-state index is 13.0. The number of aromatic nitrogens is 4. The van der Waals surface area contributed by atoms with Crippen LogP contribution in [-0.2, 0) is 13.0 Å². The number of rotatable bonds is 7. The topological polar surface area (TPSA) is 93.5 Å². The van der Waals surface area contributed by atoms with Crippen LogP contribution in [0.1, 0.15) is 22.6 Å². The third kappa shape index (κ3) is 3.84. The van der Waals surface area contributed by atoms with Crippen LogP contribution in [-0.4, -0.2) is 33.8 Å². The van der Waals surface area contributed by atoms with Gasteiger partial charge in [0, 0.05) is 18.1 Å². The van der Waals surface area contributed by atoms with Gasteiger partial charge in [-0.05, 0) is 24.6 Å². The molecule has 2 aromatic heterocycles. The highest BCUT2D eigenvalue weighted by Gasteiger charge is 2.14. The molecule has 0 spiro atoms. The van der Waals surface area contributed by atoms with Gasteiger partial charge in [0.25, 0.3) is 11.3 Å². The maximum atomic E-state index is 13.0. The molecule has 0 radical (unpaired) electrons. The van der Waals surface area contributed by atoms with E-state index in [1.807, 2.05) is 49.4 Å². The Morgan fingerprint density at radius 1 is 1.07 bits per heavy atom. The molecule has 2 aromatic carbocycles. The number of aryl methyl sites for hydroxylation is 1. The summed E-state index contributed by atoms with van der Waals surface area (Å²) < 4.78 is 12.0. The molecule has 8 heteroatoms. The fourth-order valence-electron chi connectivity index (χ4n) is 3.30. The van der Waals surface area contributed by atoms with Gasteiger partial charge in [-0.3, -0.25) is 9.89 Å². The predicted octanol–water partition coefficient (Wildman–Crippen LogP) is 2.95. The largest absolute Gasteiger partial charge is 0.497 e. The van der Waals surface area contributed by atoms with Crippen LogP contribution < -0.4 is 20.3 Å². The monoisotopic (exact) mass is 405 g/mol. The number of ether oxygens (including phenoxy) is 2. The summed E-state index contributed by atoms with van der Waals surface area (Å²) in [6, 6.07) is 15.4. The molecule has 30 heavy (non-hydrogen) atoms. The minimum absolute atomic E-state index is 0.137. The molecule has 4 aromatic rings. The number of hydrogen-bond acceptors (Lipinski definition) is 6. The fourth-order valence-corrected chi connectivity index (χ4v) is 3.30. The molecular weight excluding hydrogens is 382 g/mol. The summed E-state index contributed by atoms with van der Waals surface area (Å²) in [5.74, 6) is 2.31. The molecule has 0 fully saturated rings. The summed E-state index contributed by atoms with van der Waals surface area (Å²) in [6.45, 7) is 2.22. The van der Waals surface area contributed by atoms with E-state index in [1.165, 1.54) is 4.52 Å². The number of fused-ring (bicyclic) bond motifs is 1. The Labute approximate surface area is 173 Å². The Balaban J connectivity index is 1.60. The molecule has 0 saturated heterocycles. The zero-order valence-corrected chi connectivity index (χ0v) is 17.1. The number of nitrogens with zero attached hydrogens (tertiary/aromatic N) is 3. The Kier molecular flexibility index (Phi) is 5.38. The molecule has 0 amide bonds. The second-order valence-electron chi connectivity index (χ2n) is 6.87. The Hall–Kier alpha value is -3.81. The van der Waals surface area contributed by atoms with Gasteiger partial charge in [-0.15, -0.1) is 0 Å². The molecule has 0 bridgehead atoms. The SMILES string of the molecule is COc1ccc(NCc2nc3nc(C)c(Cc4ccccc4)c(=O)n3[nH]2)c(OC)c1. The highest BCUT2D eigenvalue weighted by atomic mass is 16.5. The number of benzene rings is 2. The van der Waals surface area contributed by atoms with Crippen LogP contribution in [0.2, 0.25) is 0 Å². The summed E-state index contributed by atoms with van der Waals surface area (Å²) in [7, 11) is 3.21. The molecule has 0 aliphatic rings. The number of hydrogen-bond donors (Lipinski definition) is 2. The van der Waals surface area contributed by atoms with E-state index in [1.54, 1.807) is 20.3 Å². The van der Waals surface area contributed by atoms with Crippen molar-refractivity contribution in [1.29, 1.82) is 0 Å². The number of nitrogens with one attached hydrogen (secondary N) is 2. The molecule has 8 nitrogen and oxygen atoms in total. The van der Waals surface area contributed by atoms with Gasteiger partial charge in [0.1, 0.15) is 17.3 Å². The predicted molar refractivity (Wildman–Crippen MR) is 114 cm³/mol. The van der Waals surface area contributed by atoms with E-state index in [0.29, 0.717) is 47.3 Å². The average molecular weight is 405 g/mol. The highest BCUT2D eigenvalue weighted by molar-refractivity contribution is 5.59. The van der Waals surface area contributed by atoms with Crippen molar-refractivity contribution in [3.63, 3.8) is 0 Å². The molecule has 0 aliphatic carbocycles. The lowest BCUT2D eigenvalue weighted by Gasteiger charge is -2.11. The summed E-state index contributed by atoms with van der Waals surface area (Å²) in [5, 5.41) is 6.31. The van der Waals surface area contributed by atoms with Gasteiger partial charge < -0.3 is 14.8 Å². The van der Waals surface area contributed by atoms with Crippen molar-refractivity contribution in [2.45, 2.75) is 19.9 Å². The minimum atomic E-state index is -0.137. The molecule has 0 unspecified atom stereocenters. The van der Waals surface area contributed by atoms with E-state index in [0.717, 1.165) is 11.3 Å². The lowest BCUT2D eigenvalue weighted by Crippen LogP contribution is -2.22. The smallest absolute Gasteiger partial charge is 0.277 e. The normalized spacial score (nSPS) is 10.9. The second kappa shape index (κ2) is 8.28. The van der Waals surface area contributed by atoms with E-state index in [9.17, 15) is 4.79 Å². The van der Waals surface area contributed by atoms with Crippen LogP contribution in [0.3, 0.4) is 0 Å². The van der Waals surface area contributed by atoms with Crippen molar-refractivity contribution in [1.82, 2.24) is 19.6 Å². The number of methoxy groups -OCH3 is 2. The average Bonchev–Trinajstić information content (AvgIpc) is 3.18. The number of aromatic amines is 1. The Morgan fingerprint density at radius 2 is 1.87 bits per heavy atom. The van der Waals surface area contributed by atoms with E-state index >= 15 is 0 Å². The van der Waals surface area contributed by atoms with E-state index < -0.39 is 0 Å². The van der Waals surface area contributed by atoms with E-state index in [2.05, 4.69) is 20.4 Å². The van der Waals surface area contributed by atoms with Crippen LogP contribution in [0.15, 0.2) is 53.3 Å². The van der Waals surface area contributed by atoms with Gasteiger partial charge in [-0.1, -0.05) is 30.3 Å². The van der Waals surface area contributed by atoms with Crippen LogP contribution in [0, 0.1) is 6.92 Å². The number of anilines is 1. The van der Waals surface area contributed by atoms with Gasteiger partial charge in [0.15, 0.2) is 0 Å². The minimum Gasteiger partial charge on any atom is -0.497 e. The Bertz CT molecular complexity index is 1230. The fraction of sp³-hybridized carbons (Fsp3) is 0.227. The van der Waals surface area contributed by atoms with Crippen molar-refractivity contribution < 1.29 is 9.47 Å². The first-order chi connectivity index (χ1) is 14.6. The molecule has 4 rings (SSSR count). The first-order valence-corrected chi connectivity index (χ1v) is 9.56. The summed E-state index contributed by atoms with van der Waals surface area (Å²) in [5.41, 5.74) is 3.06. The molecule has 0 atom stereocenters. The van der Waals surface area contributed by atoms with Gasteiger partial charge in [0.2, 0.25) is 0 Å². The van der Waals surface area contributed by atoms with Crippen LogP contribution >= 0.6 is 0 Å². The van der Waals surface area contributed by atoms with Crippen LogP contribution in [0.4, 0.5) is 5.69 Å². The number of H-pyrrole nitrogens is 1. The van der Waals surface area contributed by atoms with Gasteiger partial charge in [-0.2, -0.15) is 9.50 Å². The van der Waals surface area contributed by atoms with E-state index in [4.69, 9.17) is 9.47 Å². The van der Waals surface area contributed by atoms with Crippen molar-refractivity contribution >= 4 is 11.5 Å². The van der Waals surface area contributed by atoms with Crippen molar-refractivity contribution in [2.75, 3.05) is 19.5 Å². The van der Waals surface area contributed by atoms with E-state index in [-0.39, 0.29) is 5.56 Å². The zero-order valence-electron chi connectivity index (χ0n) is 17.1. The highest BCUT2D eigenvalue weighted by Crippen LogP contribution is 2.29. The lowest BCUT2D eigenvalue weighted by molar-refractivity contribution is 0.395. The maximum Gasteiger partial charge on any atom is 0.277 e. The molecule has 0 aliphatic heterocycles. The van der Waals surface area contributed by atoms with Crippen molar-refractivity contribution in [2.24, 2.45) is 0 Å². The van der Waals surface area contributed by atoms with Crippen molar-refractivity contribution in [3.8, 4) is 11.5 Å². The first kappa shape index (κ1) is 19.5. The molecular formula is C22H23N5O3. The summed E-state index contributed by atoms with van der Waals surface area (Å²) in [4.78, 5) is 22.0.